The minimum atomic E-state index is -0.569. The monoisotopic (exact) mass is 245 g/mol. The fourth-order valence-corrected chi connectivity index (χ4v) is 1.49. The van der Waals surface area contributed by atoms with Crippen LogP contribution in [-0.4, -0.2) is 16.6 Å². The van der Waals surface area contributed by atoms with E-state index in [0.717, 1.165) is 0 Å². The van der Waals surface area contributed by atoms with Crippen LogP contribution >= 0.6 is 11.6 Å². The third-order valence-electron chi connectivity index (χ3n) is 2.24. The highest BCUT2D eigenvalue weighted by Crippen LogP contribution is 2.12. The van der Waals surface area contributed by atoms with Crippen molar-refractivity contribution in [2.24, 2.45) is 0 Å². The zero-order chi connectivity index (χ0) is 12.3. The molecule has 0 spiro atoms. The molecule has 1 aromatic heterocycles. The molecular weight excluding hydrogens is 238 g/mol. The molecule has 84 valence electrons. The minimum absolute atomic E-state index is 0.285. The molecule has 2 rings (SSSR count). The smallest absolute Gasteiger partial charge is 0.235 e. The summed E-state index contributed by atoms with van der Waals surface area (Å²) in [5, 5.41) is 0.523. The van der Waals surface area contributed by atoms with E-state index in [9.17, 15) is 9.59 Å². The highest BCUT2D eigenvalue weighted by molar-refractivity contribution is 6.49. The van der Waals surface area contributed by atoms with Crippen LogP contribution < -0.4 is 0 Å². The van der Waals surface area contributed by atoms with Crippen LogP contribution in [0.4, 0.5) is 0 Å². The molecule has 0 aliphatic heterocycles. The predicted molar refractivity (Wildman–Crippen MR) is 64.4 cm³/mol. The van der Waals surface area contributed by atoms with Gasteiger partial charge in [0, 0.05) is 28.5 Å². The van der Waals surface area contributed by atoms with E-state index in [1.54, 1.807) is 30.5 Å². The number of pyridine rings is 1. The van der Waals surface area contributed by atoms with Crippen LogP contribution in [-0.2, 0) is 0 Å². The Morgan fingerprint density at radius 1 is 0.941 bits per heavy atom. The molecule has 0 amide bonds. The Hall–Kier alpha value is -2.00. The second-order valence-electron chi connectivity index (χ2n) is 3.41. The third kappa shape index (κ3) is 2.57. The molecule has 0 N–H and O–H groups in total. The number of hydrogen-bond donors (Lipinski definition) is 0. The van der Waals surface area contributed by atoms with Crippen molar-refractivity contribution >= 4 is 23.2 Å². The average molecular weight is 246 g/mol. The van der Waals surface area contributed by atoms with Gasteiger partial charge in [0.15, 0.2) is 0 Å². The van der Waals surface area contributed by atoms with Gasteiger partial charge < -0.3 is 0 Å². The van der Waals surface area contributed by atoms with Gasteiger partial charge in [-0.25, -0.2) is 0 Å². The summed E-state index contributed by atoms with van der Waals surface area (Å²) in [6.45, 7) is 0. The molecule has 17 heavy (non-hydrogen) atoms. The zero-order valence-corrected chi connectivity index (χ0v) is 9.52. The van der Waals surface area contributed by atoms with E-state index in [0.29, 0.717) is 10.6 Å². The van der Waals surface area contributed by atoms with Crippen LogP contribution in [0.5, 0.6) is 0 Å². The molecule has 0 radical (unpaired) electrons. The Bertz CT molecular complexity index is 549. The van der Waals surface area contributed by atoms with Gasteiger partial charge in [0.2, 0.25) is 11.6 Å². The molecule has 0 bridgehead atoms. The van der Waals surface area contributed by atoms with Crippen molar-refractivity contribution in [3.8, 4) is 0 Å². The number of halogens is 1. The molecule has 0 aliphatic rings. The minimum Gasteiger partial charge on any atom is -0.285 e. The first-order valence-corrected chi connectivity index (χ1v) is 5.31. The fourth-order valence-electron chi connectivity index (χ4n) is 1.36. The first kappa shape index (κ1) is 11.5. The molecular formula is C13H8ClNO2. The van der Waals surface area contributed by atoms with Crippen molar-refractivity contribution < 1.29 is 9.59 Å². The van der Waals surface area contributed by atoms with Crippen molar-refractivity contribution in [1.29, 1.82) is 0 Å². The van der Waals surface area contributed by atoms with Gasteiger partial charge in [-0.1, -0.05) is 11.6 Å². The highest BCUT2D eigenvalue weighted by Gasteiger charge is 2.17. The van der Waals surface area contributed by atoms with Gasteiger partial charge in [-0.15, -0.1) is 0 Å². The number of hydrogen-bond acceptors (Lipinski definition) is 3. The Morgan fingerprint density at radius 3 is 2.18 bits per heavy atom. The number of benzene rings is 1. The lowest BCUT2D eigenvalue weighted by atomic mass is 10.0. The normalized spacial score (nSPS) is 9.94. The van der Waals surface area contributed by atoms with Crippen molar-refractivity contribution in [2.75, 3.05) is 0 Å². The Labute approximate surface area is 103 Å². The third-order valence-corrected chi connectivity index (χ3v) is 2.49. The summed E-state index contributed by atoms with van der Waals surface area (Å²) in [7, 11) is 0. The van der Waals surface area contributed by atoms with Gasteiger partial charge in [0.05, 0.1) is 0 Å². The molecule has 0 saturated carbocycles. The first-order valence-electron chi connectivity index (χ1n) is 4.93. The van der Waals surface area contributed by atoms with Crippen LogP contribution in [0.1, 0.15) is 20.7 Å². The molecule has 0 fully saturated rings. The van der Waals surface area contributed by atoms with Gasteiger partial charge in [-0.2, -0.15) is 0 Å². The quantitative estimate of drug-likeness (QED) is 0.617. The van der Waals surface area contributed by atoms with E-state index in [1.807, 2.05) is 0 Å². The Kier molecular flexibility index (Phi) is 3.30. The van der Waals surface area contributed by atoms with Crippen LogP contribution in [0.2, 0.25) is 5.02 Å². The summed E-state index contributed by atoms with van der Waals surface area (Å²) in [4.78, 5) is 27.4. The number of rotatable bonds is 3. The highest BCUT2D eigenvalue weighted by atomic mass is 35.5. The zero-order valence-electron chi connectivity index (χ0n) is 8.76. The Morgan fingerprint density at radius 2 is 1.59 bits per heavy atom. The second-order valence-corrected chi connectivity index (χ2v) is 3.84. The molecule has 1 aromatic carbocycles. The SMILES string of the molecule is O=C(C(=O)c1cccnc1)c1ccc(Cl)cc1. The molecule has 0 atom stereocenters. The summed E-state index contributed by atoms with van der Waals surface area (Å²) < 4.78 is 0. The topological polar surface area (TPSA) is 47.0 Å². The van der Waals surface area contributed by atoms with Crippen molar-refractivity contribution in [2.45, 2.75) is 0 Å². The van der Waals surface area contributed by atoms with Crippen molar-refractivity contribution in [3.63, 3.8) is 0 Å². The molecule has 0 aliphatic carbocycles. The number of carbonyl (C=O) groups is 2. The van der Waals surface area contributed by atoms with E-state index < -0.39 is 11.6 Å². The van der Waals surface area contributed by atoms with E-state index in [4.69, 9.17) is 11.6 Å². The van der Waals surface area contributed by atoms with E-state index in [2.05, 4.69) is 4.98 Å². The van der Waals surface area contributed by atoms with Crippen LogP contribution in [0.25, 0.3) is 0 Å². The lowest BCUT2D eigenvalue weighted by Gasteiger charge is -2.00. The van der Waals surface area contributed by atoms with Gasteiger partial charge in [-0.3, -0.25) is 14.6 Å². The number of aromatic nitrogens is 1. The molecule has 3 nitrogen and oxygen atoms in total. The van der Waals surface area contributed by atoms with Gasteiger partial charge >= 0.3 is 0 Å². The summed E-state index contributed by atoms with van der Waals surface area (Å²) in [5.74, 6) is -1.13. The molecule has 0 saturated heterocycles. The summed E-state index contributed by atoms with van der Waals surface area (Å²) in [6, 6.07) is 9.38. The largest absolute Gasteiger partial charge is 0.285 e. The number of ketones is 2. The molecule has 4 heteroatoms. The first-order chi connectivity index (χ1) is 8.18. The van der Waals surface area contributed by atoms with E-state index in [1.165, 1.54) is 18.3 Å². The van der Waals surface area contributed by atoms with Gasteiger partial charge in [0.1, 0.15) is 0 Å². The Balaban J connectivity index is 2.27. The molecule has 0 unspecified atom stereocenters. The standard InChI is InChI=1S/C13H8ClNO2/c14-11-5-3-9(4-6-11)12(16)13(17)10-2-1-7-15-8-10/h1-8H. The lowest BCUT2D eigenvalue weighted by Crippen LogP contribution is -2.14. The van der Waals surface area contributed by atoms with Crippen LogP contribution in [0.15, 0.2) is 48.8 Å². The van der Waals surface area contributed by atoms with Crippen molar-refractivity contribution in [3.05, 3.63) is 64.9 Å². The molecule has 1 heterocycles. The maximum Gasteiger partial charge on any atom is 0.235 e. The number of nitrogens with zero attached hydrogens (tertiary/aromatic N) is 1. The maximum atomic E-state index is 11.8. The number of carbonyl (C=O) groups excluding carboxylic acids is 2. The summed E-state index contributed by atoms with van der Waals surface area (Å²) in [6.07, 6.45) is 2.92. The number of Topliss-reactive ketones (excluding diaryl/α,β-unsaturated/α-hetero) is 2. The van der Waals surface area contributed by atoms with E-state index >= 15 is 0 Å². The molecule has 2 aromatic rings. The van der Waals surface area contributed by atoms with Gasteiger partial charge in [0.25, 0.3) is 0 Å². The average Bonchev–Trinajstić information content (AvgIpc) is 2.39. The van der Waals surface area contributed by atoms with Crippen molar-refractivity contribution in [1.82, 2.24) is 4.98 Å². The second kappa shape index (κ2) is 4.89. The summed E-state index contributed by atoms with van der Waals surface area (Å²) >= 11 is 5.71. The van der Waals surface area contributed by atoms with Crippen LogP contribution in [0, 0.1) is 0 Å². The fraction of sp³-hybridized carbons (Fsp3) is 0. The van der Waals surface area contributed by atoms with E-state index in [-0.39, 0.29) is 5.56 Å². The lowest BCUT2D eigenvalue weighted by molar-refractivity contribution is 0.0816. The van der Waals surface area contributed by atoms with Gasteiger partial charge in [-0.05, 0) is 36.4 Å². The summed E-state index contributed by atoms with van der Waals surface area (Å²) in [5.41, 5.74) is 0.607. The van der Waals surface area contributed by atoms with Crippen LogP contribution in [0.3, 0.4) is 0 Å². The predicted octanol–water partition coefficient (Wildman–Crippen LogP) is 2.80. The maximum absolute atomic E-state index is 11.8.